The van der Waals surface area contributed by atoms with Crippen LogP contribution in [-0.2, 0) is 4.79 Å². The summed E-state index contributed by atoms with van der Waals surface area (Å²) in [4.78, 5) is 21.5. The summed E-state index contributed by atoms with van der Waals surface area (Å²) in [7, 11) is 0. The maximum Gasteiger partial charge on any atom is 0.573 e. The molecule has 0 aliphatic carbocycles. The number of aliphatic hydroxyl groups excluding tert-OH is 2. The van der Waals surface area contributed by atoms with Crippen molar-refractivity contribution >= 4 is 12.2 Å². The summed E-state index contributed by atoms with van der Waals surface area (Å²) in [6, 6.07) is 2.88. The van der Waals surface area contributed by atoms with Gasteiger partial charge >= 0.3 is 6.36 Å². The summed E-state index contributed by atoms with van der Waals surface area (Å²) in [5.74, 6) is -0.999. The number of benzene rings is 1. The second kappa shape index (κ2) is 7.93. The molecule has 1 aromatic rings. The van der Waals surface area contributed by atoms with E-state index in [4.69, 9.17) is 0 Å². The van der Waals surface area contributed by atoms with Crippen LogP contribution in [0.15, 0.2) is 18.2 Å². The molecule has 0 fully saturated rings. The highest BCUT2D eigenvalue weighted by Crippen LogP contribution is 2.28. The molecule has 1 aromatic carbocycles. The number of carbonyl (C=O) groups is 2. The maximum absolute atomic E-state index is 12.2. The molecule has 0 saturated heterocycles. The predicted molar refractivity (Wildman–Crippen MR) is 72.8 cm³/mol. The van der Waals surface area contributed by atoms with Crippen molar-refractivity contribution in [3.63, 3.8) is 0 Å². The van der Waals surface area contributed by atoms with Gasteiger partial charge in [-0.2, -0.15) is 0 Å². The highest BCUT2D eigenvalue weighted by atomic mass is 19.4. The Morgan fingerprint density at radius 3 is 2.52 bits per heavy atom. The van der Waals surface area contributed by atoms with Gasteiger partial charge in [0, 0.05) is 19.0 Å². The van der Waals surface area contributed by atoms with Crippen LogP contribution in [0, 0.1) is 0 Å². The van der Waals surface area contributed by atoms with E-state index in [0.29, 0.717) is 6.29 Å². The summed E-state index contributed by atoms with van der Waals surface area (Å²) >= 11 is 0. The fourth-order valence-corrected chi connectivity index (χ4v) is 1.85. The van der Waals surface area contributed by atoms with Crippen LogP contribution in [0.4, 0.5) is 13.2 Å². The molecule has 0 spiro atoms. The van der Waals surface area contributed by atoms with Gasteiger partial charge in [0.2, 0.25) is 5.91 Å². The first-order valence-corrected chi connectivity index (χ1v) is 6.59. The van der Waals surface area contributed by atoms with Crippen molar-refractivity contribution in [2.45, 2.75) is 31.9 Å². The number of nitrogens with one attached hydrogen (secondary N) is 1. The van der Waals surface area contributed by atoms with E-state index in [9.17, 15) is 33.0 Å². The van der Waals surface area contributed by atoms with Gasteiger partial charge < -0.3 is 20.3 Å². The Hall–Kier alpha value is -2.13. The molecule has 0 aliphatic rings. The van der Waals surface area contributed by atoms with E-state index in [1.165, 1.54) is 6.92 Å². The topological polar surface area (TPSA) is 95.9 Å². The molecule has 0 radical (unpaired) electrons. The minimum atomic E-state index is -4.95. The molecular formula is C14H16F3NO5. The molecule has 6 nitrogen and oxygen atoms in total. The number of ether oxygens (including phenoxy) is 1. The summed E-state index contributed by atoms with van der Waals surface area (Å²) in [6.07, 6.45) is -7.57. The van der Waals surface area contributed by atoms with Gasteiger partial charge in [0.05, 0.1) is 6.10 Å². The molecule has 128 valence electrons. The van der Waals surface area contributed by atoms with Gasteiger partial charge in [-0.15, -0.1) is 13.2 Å². The fourth-order valence-electron chi connectivity index (χ4n) is 1.85. The van der Waals surface area contributed by atoms with Gasteiger partial charge in [-0.1, -0.05) is 0 Å². The lowest BCUT2D eigenvalue weighted by atomic mass is 10.00. The van der Waals surface area contributed by atoms with Gasteiger partial charge in [0.15, 0.2) is 0 Å². The van der Waals surface area contributed by atoms with Gasteiger partial charge in [0.25, 0.3) is 0 Å². The van der Waals surface area contributed by atoms with Gasteiger partial charge in [0.1, 0.15) is 18.1 Å². The smallest absolute Gasteiger partial charge is 0.406 e. The number of aldehydes is 1. The number of aliphatic hydroxyl groups is 2. The first-order valence-electron chi connectivity index (χ1n) is 6.59. The largest absolute Gasteiger partial charge is 0.573 e. The Balaban J connectivity index is 2.89. The van der Waals surface area contributed by atoms with Gasteiger partial charge in [-0.25, -0.2) is 0 Å². The molecule has 0 aliphatic heterocycles. The van der Waals surface area contributed by atoms with Crippen molar-refractivity contribution in [2.24, 2.45) is 0 Å². The molecule has 0 bridgehead atoms. The van der Waals surface area contributed by atoms with Crippen LogP contribution in [0.1, 0.15) is 35.4 Å². The lowest BCUT2D eigenvalue weighted by Crippen LogP contribution is -2.27. The van der Waals surface area contributed by atoms with Crippen molar-refractivity contribution in [1.82, 2.24) is 5.32 Å². The summed E-state index contributed by atoms with van der Waals surface area (Å²) in [5.41, 5.74) is -0.251. The van der Waals surface area contributed by atoms with E-state index in [2.05, 4.69) is 10.1 Å². The quantitative estimate of drug-likeness (QED) is 0.653. The summed E-state index contributed by atoms with van der Waals surface area (Å²) < 4.78 is 40.5. The minimum Gasteiger partial charge on any atom is -0.406 e. The molecule has 1 amide bonds. The molecule has 0 saturated carbocycles. The molecule has 1 rings (SSSR count). The first kappa shape index (κ1) is 18.9. The van der Waals surface area contributed by atoms with Gasteiger partial charge in [-0.05, 0) is 30.2 Å². The number of alkyl halides is 3. The molecule has 0 heterocycles. The number of amides is 1. The van der Waals surface area contributed by atoms with Crippen molar-refractivity contribution in [1.29, 1.82) is 0 Å². The summed E-state index contributed by atoms with van der Waals surface area (Å²) in [5, 5.41) is 22.2. The van der Waals surface area contributed by atoms with E-state index < -0.39 is 24.3 Å². The zero-order valence-corrected chi connectivity index (χ0v) is 12.1. The standard InChI is InChI=1S/C14H16F3NO5/c1-8(20)18-3-2-12(21)13(22)10-4-9(7-19)5-11(6-10)23-14(15,16)17/h4-7,12-13,21-22H,2-3H2,1H3,(H,18,20). The van der Waals surface area contributed by atoms with E-state index in [1.54, 1.807) is 0 Å². The fraction of sp³-hybridized carbons (Fsp3) is 0.429. The van der Waals surface area contributed by atoms with Crippen LogP contribution < -0.4 is 10.1 Å². The normalized spacial score (nSPS) is 14.0. The average molecular weight is 335 g/mol. The molecule has 2 unspecified atom stereocenters. The Morgan fingerprint density at radius 2 is 2.00 bits per heavy atom. The predicted octanol–water partition coefficient (Wildman–Crippen LogP) is 1.32. The molecule has 23 heavy (non-hydrogen) atoms. The van der Waals surface area contributed by atoms with E-state index in [1.807, 2.05) is 0 Å². The van der Waals surface area contributed by atoms with Gasteiger partial charge in [-0.3, -0.25) is 9.59 Å². The van der Waals surface area contributed by atoms with Crippen molar-refractivity contribution in [3.05, 3.63) is 29.3 Å². The van der Waals surface area contributed by atoms with Crippen LogP contribution in [-0.4, -0.2) is 41.4 Å². The first-order chi connectivity index (χ1) is 10.6. The highest BCUT2D eigenvalue weighted by molar-refractivity contribution is 5.76. The number of halogens is 3. The van der Waals surface area contributed by atoms with E-state index in [-0.39, 0.29) is 30.0 Å². The Bertz CT molecular complexity index is 562. The zero-order chi connectivity index (χ0) is 17.6. The number of hydrogen-bond donors (Lipinski definition) is 3. The molecular weight excluding hydrogens is 319 g/mol. The molecule has 3 N–H and O–H groups in total. The highest BCUT2D eigenvalue weighted by Gasteiger charge is 2.31. The van der Waals surface area contributed by atoms with Crippen molar-refractivity contribution in [2.75, 3.05) is 6.54 Å². The number of rotatable bonds is 7. The number of carbonyl (C=O) groups excluding carboxylic acids is 2. The maximum atomic E-state index is 12.2. The minimum absolute atomic E-state index is 0.0263. The lowest BCUT2D eigenvalue weighted by molar-refractivity contribution is -0.274. The SMILES string of the molecule is CC(=O)NCCC(O)C(O)c1cc(C=O)cc(OC(F)(F)F)c1. The van der Waals surface area contributed by atoms with E-state index >= 15 is 0 Å². The lowest BCUT2D eigenvalue weighted by Gasteiger charge is -2.19. The molecule has 2 atom stereocenters. The third-order valence-corrected chi connectivity index (χ3v) is 2.84. The van der Waals surface area contributed by atoms with Crippen LogP contribution in [0.5, 0.6) is 5.75 Å². The average Bonchev–Trinajstić information content (AvgIpc) is 2.43. The zero-order valence-electron chi connectivity index (χ0n) is 12.1. The second-order valence-electron chi connectivity index (χ2n) is 4.78. The monoisotopic (exact) mass is 335 g/mol. The third-order valence-electron chi connectivity index (χ3n) is 2.84. The van der Waals surface area contributed by atoms with Crippen LogP contribution in [0.25, 0.3) is 0 Å². The van der Waals surface area contributed by atoms with E-state index in [0.717, 1.165) is 18.2 Å². The second-order valence-corrected chi connectivity index (χ2v) is 4.78. The van der Waals surface area contributed by atoms with Crippen LogP contribution >= 0.6 is 0 Å². The Morgan fingerprint density at radius 1 is 1.35 bits per heavy atom. The van der Waals surface area contributed by atoms with Crippen LogP contribution in [0.2, 0.25) is 0 Å². The molecule has 9 heteroatoms. The third kappa shape index (κ3) is 6.66. The number of hydrogen-bond acceptors (Lipinski definition) is 5. The van der Waals surface area contributed by atoms with Crippen molar-refractivity contribution < 1.29 is 37.7 Å². The summed E-state index contributed by atoms with van der Waals surface area (Å²) in [6.45, 7) is 1.35. The molecule has 0 aromatic heterocycles. The van der Waals surface area contributed by atoms with Crippen molar-refractivity contribution in [3.8, 4) is 5.75 Å². The Labute approximate surface area is 129 Å². The van der Waals surface area contributed by atoms with Crippen LogP contribution in [0.3, 0.4) is 0 Å². The Kier molecular flexibility index (Phi) is 6.52.